The summed E-state index contributed by atoms with van der Waals surface area (Å²) >= 11 is 0. The Labute approximate surface area is 142 Å². The average Bonchev–Trinajstić information content (AvgIpc) is 2.67. The van der Waals surface area contributed by atoms with E-state index >= 15 is 0 Å². The van der Waals surface area contributed by atoms with Gasteiger partial charge in [-0.05, 0) is 35.4 Å². The Morgan fingerprint density at radius 2 is 1.54 bits per heavy atom. The van der Waals surface area contributed by atoms with E-state index in [0.717, 1.165) is 22.3 Å². The Balaban J connectivity index is 2.01. The highest BCUT2D eigenvalue weighted by atomic mass is 16.5. The van der Waals surface area contributed by atoms with Crippen LogP contribution in [0.4, 0.5) is 0 Å². The third kappa shape index (κ3) is 3.65. The molecule has 0 spiro atoms. The maximum Gasteiger partial charge on any atom is 0.141 e. The first-order valence-corrected chi connectivity index (χ1v) is 7.76. The molecule has 0 aliphatic carbocycles. The van der Waals surface area contributed by atoms with Gasteiger partial charge in [0.1, 0.15) is 11.9 Å². The molecule has 0 fully saturated rings. The number of aliphatic hydroxyl groups is 1. The molecule has 2 heteroatoms. The summed E-state index contributed by atoms with van der Waals surface area (Å²) < 4.78 is 5.30. The summed E-state index contributed by atoms with van der Waals surface area (Å²) in [5, 5.41) is 10.6. The van der Waals surface area contributed by atoms with E-state index in [9.17, 15) is 5.11 Å². The average molecular weight is 314 g/mol. The Hall–Kier alpha value is -3.02. The predicted molar refractivity (Wildman–Crippen MR) is 96.7 cm³/mol. The quantitative estimate of drug-likeness (QED) is 0.724. The maximum atomic E-state index is 10.6. The molecule has 3 aromatic carbocycles. The molecular formula is C22H18O2. The zero-order valence-corrected chi connectivity index (χ0v) is 13.4. The molecule has 24 heavy (non-hydrogen) atoms. The van der Waals surface area contributed by atoms with Crippen molar-refractivity contribution in [2.24, 2.45) is 0 Å². The normalized spacial score (nSPS) is 11.2. The van der Waals surface area contributed by atoms with Crippen LogP contribution in [-0.4, -0.2) is 12.2 Å². The third-order valence-corrected chi connectivity index (χ3v) is 3.77. The van der Waals surface area contributed by atoms with Crippen molar-refractivity contribution in [1.82, 2.24) is 0 Å². The molecule has 1 atom stereocenters. The summed E-state index contributed by atoms with van der Waals surface area (Å²) in [5.74, 6) is 6.64. The molecule has 3 aromatic rings. The van der Waals surface area contributed by atoms with E-state index in [2.05, 4.69) is 11.8 Å². The zero-order chi connectivity index (χ0) is 16.8. The first-order chi connectivity index (χ1) is 11.8. The van der Waals surface area contributed by atoms with Crippen molar-refractivity contribution in [2.45, 2.75) is 6.10 Å². The van der Waals surface area contributed by atoms with Gasteiger partial charge in [-0.15, -0.1) is 0 Å². The summed E-state index contributed by atoms with van der Waals surface area (Å²) in [6, 6.07) is 25.3. The SMILES string of the molecule is COc1ccc(-c2ccccc2)c(C(O)C#Cc2ccccc2)c1. The van der Waals surface area contributed by atoms with Crippen LogP contribution in [0.1, 0.15) is 17.2 Å². The van der Waals surface area contributed by atoms with Crippen molar-refractivity contribution in [3.63, 3.8) is 0 Å². The van der Waals surface area contributed by atoms with Gasteiger partial charge in [0.25, 0.3) is 0 Å². The fourth-order valence-electron chi connectivity index (χ4n) is 2.53. The minimum Gasteiger partial charge on any atom is -0.497 e. The lowest BCUT2D eigenvalue weighted by Gasteiger charge is -2.13. The van der Waals surface area contributed by atoms with Crippen molar-refractivity contribution in [2.75, 3.05) is 7.11 Å². The summed E-state index contributed by atoms with van der Waals surface area (Å²) in [6.07, 6.45) is -0.893. The van der Waals surface area contributed by atoms with Crippen molar-refractivity contribution >= 4 is 0 Å². The lowest BCUT2D eigenvalue weighted by atomic mass is 9.96. The molecule has 0 radical (unpaired) electrons. The zero-order valence-electron chi connectivity index (χ0n) is 13.4. The topological polar surface area (TPSA) is 29.5 Å². The standard InChI is InChI=1S/C22H18O2/c1-24-19-13-14-20(18-10-6-3-7-11-18)21(16-19)22(23)15-12-17-8-4-2-5-9-17/h2-11,13-14,16,22-23H,1H3. The Kier molecular flexibility index (Phi) is 4.96. The fraction of sp³-hybridized carbons (Fsp3) is 0.0909. The molecular weight excluding hydrogens is 296 g/mol. The van der Waals surface area contributed by atoms with Gasteiger partial charge >= 0.3 is 0 Å². The van der Waals surface area contributed by atoms with Gasteiger partial charge < -0.3 is 9.84 Å². The predicted octanol–water partition coefficient (Wildman–Crippen LogP) is 4.45. The van der Waals surface area contributed by atoms with E-state index in [1.807, 2.05) is 78.9 Å². The molecule has 1 N–H and O–H groups in total. The smallest absolute Gasteiger partial charge is 0.141 e. The van der Waals surface area contributed by atoms with Crippen LogP contribution in [0.3, 0.4) is 0 Å². The number of hydrogen-bond donors (Lipinski definition) is 1. The van der Waals surface area contributed by atoms with E-state index in [1.165, 1.54) is 0 Å². The molecule has 0 aliphatic rings. The molecule has 0 saturated carbocycles. The van der Waals surface area contributed by atoms with Crippen LogP contribution in [0, 0.1) is 11.8 Å². The van der Waals surface area contributed by atoms with Crippen LogP contribution in [0.2, 0.25) is 0 Å². The largest absolute Gasteiger partial charge is 0.497 e. The molecule has 0 bridgehead atoms. The summed E-state index contributed by atoms with van der Waals surface area (Å²) in [4.78, 5) is 0. The number of methoxy groups -OCH3 is 1. The number of benzene rings is 3. The minimum absolute atomic E-state index is 0.699. The molecule has 0 aromatic heterocycles. The second-order valence-electron chi connectivity index (χ2n) is 5.36. The monoisotopic (exact) mass is 314 g/mol. The van der Waals surface area contributed by atoms with E-state index < -0.39 is 6.10 Å². The highest BCUT2D eigenvalue weighted by Gasteiger charge is 2.13. The van der Waals surface area contributed by atoms with Crippen LogP contribution in [-0.2, 0) is 0 Å². The molecule has 118 valence electrons. The van der Waals surface area contributed by atoms with Crippen molar-refractivity contribution < 1.29 is 9.84 Å². The first-order valence-electron chi connectivity index (χ1n) is 7.76. The van der Waals surface area contributed by atoms with Gasteiger partial charge in [-0.2, -0.15) is 0 Å². The molecule has 1 unspecified atom stereocenters. The van der Waals surface area contributed by atoms with Crippen LogP contribution in [0.15, 0.2) is 78.9 Å². The van der Waals surface area contributed by atoms with E-state index in [4.69, 9.17) is 4.74 Å². The molecule has 0 heterocycles. The van der Waals surface area contributed by atoms with Crippen LogP contribution in [0.25, 0.3) is 11.1 Å². The van der Waals surface area contributed by atoms with E-state index in [1.54, 1.807) is 7.11 Å². The van der Waals surface area contributed by atoms with Gasteiger partial charge in [0.2, 0.25) is 0 Å². The maximum absolute atomic E-state index is 10.6. The molecule has 2 nitrogen and oxygen atoms in total. The molecule has 3 rings (SSSR count). The van der Waals surface area contributed by atoms with Gasteiger partial charge in [0.15, 0.2) is 0 Å². The Bertz CT molecular complexity index is 859. The highest BCUT2D eigenvalue weighted by molar-refractivity contribution is 5.69. The van der Waals surface area contributed by atoms with Crippen LogP contribution in [0.5, 0.6) is 5.75 Å². The van der Waals surface area contributed by atoms with Gasteiger partial charge in [-0.1, -0.05) is 66.4 Å². The Morgan fingerprint density at radius 3 is 2.21 bits per heavy atom. The molecule has 0 saturated heterocycles. The lowest BCUT2D eigenvalue weighted by molar-refractivity contribution is 0.238. The van der Waals surface area contributed by atoms with E-state index in [-0.39, 0.29) is 0 Å². The molecule has 0 aliphatic heterocycles. The minimum atomic E-state index is -0.893. The van der Waals surface area contributed by atoms with E-state index in [0.29, 0.717) is 5.75 Å². The lowest BCUT2D eigenvalue weighted by Crippen LogP contribution is -1.98. The summed E-state index contributed by atoms with van der Waals surface area (Å²) in [7, 11) is 1.61. The van der Waals surface area contributed by atoms with Crippen molar-refractivity contribution in [1.29, 1.82) is 0 Å². The van der Waals surface area contributed by atoms with Gasteiger partial charge in [-0.25, -0.2) is 0 Å². The number of ether oxygens (including phenoxy) is 1. The van der Waals surface area contributed by atoms with Gasteiger partial charge in [0, 0.05) is 11.1 Å². The third-order valence-electron chi connectivity index (χ3n) is 3.77. The first kappa shape index (κ1) is 15.9. The number of rotatable bonds is 3. The summed E-state index contributed by atoms with van der Waals surface area (Å²) in [6.45, 7) is 0. The van der Waals surface area contributed by atoms with Gasteiger partial charge in [0.05, 0.1) is 7.11 Å². The fourth-order valence-corrected chi connectivity index (χ4v) is 2.53. The second-order valence-corrected chi connectivity index (χ2v) is 5.36. The number of aliphatic hydroxyl groups excluding tert-OH is 1. The molecule has 0 amide bonds. The Morgan fingerprint density at radius 1 is 0.875 bits per heavy atom. The van der Waals surface area contributed by atoms with Crippen molar-refractivity contribution in [3.05, 3.63) is 90.0 Å². The number of hydrogen-bond acceptors (Lipinski definition) is 2. The second kappa shape index (κ2) is 7.50. The summed E-state index contributed by atoms with van der Waals surface area (Å²) in [5.41, 5.74) is 3.60. The highest BCUT2D eigenvalue weighted by Crippen LogP contribution is 2.31. The van der Waals surface area contributed by atoms with Crippen molar-refractivity contribution in [3.8, 4) is 28.7 Å². The van der Waals surface area contributed by atoms with Crippen LogP contribution < -0.4 is 4.74 Å². The van der Waals surface area contributed by atoms with Crippen LogP contribution >= 0.6 is 0 Å². The van der Waals surface area contributed by atoms with Gasteiger partial charge in [-0.3, -0.25) is 0 Å².